The van der Waals surface area contributed by atoms with Crippen LogP contribution in [0, 0.1) is 0 Å². The molecule has 0 atom stereocenters. The molecule has 0 radical (unpaired) electrons. The molecule has 2 saturated heterocycles. The molecule has 3 aliphatic rings. The average Bonchev–Trinajstić information content (AvgIpc) is 2.63. The van der Waals surface area contributed by atoms with Gasteiger partial charge in [0.15, 0.2) is 0 Å². The molecule has 3 heterocycles. The molecular formula is C19H28N4O. The van der Waals surface area contributed by atoms with E-state index >= 15 is 0 Å². The van der Waals surface area contributed by atoms with E-state index in [1.807, 2.05) is 0 Å². The molecule has 4 rings (SSSR count). The number of nitrogens with zero attached hydrogens (tertiary/aromatic N) is 2. The Morgan fingerprint density at radius 2 is 1.83 bits per heavy atom. The highest BCUT2D eigenvalue weighted by Gasteiger charge is 2.39. The van der Waals surface area contributed by atoms with Crippen molar-refractivity contribution < 1.29 is 4.79 Å². The highest BCUT2D eigenvalue weighted by molar-refractivity contribution is 5.84. The van der Waals surface area contributed by atoms with Gasteiger partial charge in [0.1, 0.15) is 0 Å². The molecule has 2 fully saturated rings. The molecule has 0 aliphatic carbocycles. The molecule has 5 heteroatoms. The molecule has 130 valence electrons. The molecule has 1 aromatic carbocycles. The number of carbonyl (C=O) groups is 1. The summed E-state index contributed by atoms with van der Waals surface area (Å²) in [5.74, 6) is 0.287. The molecule has 1 aromatic rings. The third kappa shape index (κ3) is 3.09. The van der Waals surface area contributed by atoms with Crippen LogP contribution in [0.25, 0.3) is 0 Å². The summed E-state index contributed by atoms with van der Waals surface area (Å²) in [7, 11) is 0. The predicted molar refractivity (Wildman–Crippen MR) is 97.5 cm³/mol. The summed E-state index contributed by atoms with van der Waals surface area (Å²) in [5.41, 5.74) is 2.45. The van der Waals surface area contributed by atoms with Crippen LogP contribution in [0.3, 0.4) is 0 Å². The van der Waals surface area contributed by atoms with Gasteiger partial charge in [-0.25, -0.2) is 0 Å². The van der Waals surface area contributed by atoms with Gasteiger partial charge >= 0.3 is 0 Å². The van der Waals surface area contributed by atoms with Crippen LogP contribution >= 0.6 is 0 Å². The molecule has 5 nitrogen and oxygen atoms in total. The van der Waals surface area contributed by atoms with Crippen LogP contribution in [0.1, 0.15) is 32.1 Å². The lowest BCUT2D eigenvalue weighted by atomic mass is 9.85. The SMILES string of the molecule is O=C(CN1CC2(CCNCC2)Nc2ccccc21)N1CCCCC1. The van der Waals surface area contributed by atoms with Crippen molar-refractivity contribution in [2.24, 2.45) is 0 Å². The Balaban J connectivity index is 1.55. The number of para-hydroxylation sites is 2. The third-order valence-corrected chi connectivity index (χ3v) is 5.73. The Bertz CT molecular complexity index is 591. The van der Waals surface area contributed by atoms with Gasteiger partial charge in [0, 0.05) is 19.6 Å². The van der Waals surface area contributed by atoms with Crippen LogP contribution in [0.4, 0.5) is 11.4 Å². The number of rotatable bonds is 2. The van der Waals surface area contributed by atoms with Gasteiger partial charge in [-0.05, 0) is 57.3 Å². The van der Waals surface area contributed by atoms with Gasteiger partial charge in [-0.2, -0.15) is 0 Å². The second-order valence-electron chi connectivity index (χ2n) is 7.47. The Kier molecular flexibility index (Phi) is 4.35. The zero-order chi connectivity index (χ0) is 16.4. The minimum atomic E-state index is 0.0990. The summed E-state index contributed by atoms with van der Waals surface area (Å²) in [4.78, 5) is 17.2. The van der Waals surface area contributed by atoms with Crippen molar-refractivity contribution in [3.8, 4) is 0 Å². The largest absolute Gasteiger partial charge is 0.376 e. The number of piperidine rings is 2. The summed E-state index contributed by atoms with van der Waals surface area (Å²) in [6.07, 6.45) is 5.78. The maximum absolute atomic E-state index is 12.8. The first kappa shape index (κ1) is 15.8. The highest BCUT2D eigenvalue weighted by atomic mass is 16.2. The molecule has 2 N–H and O–H groups in total. The van der Waals surface area contributed by atoms with E-state index in [4.69, 9.17) is 0 Å². The van der Waals surface area contributed by atoms with Gasteiger partial charge in [-0.3, -0.25) is 4.79 Å². The fraction of sp³-hybridized carbons (Fsp3) is 0.632. The van der Waals surface area contributed by atoms with E-state index in [0.29, 0.717) is 6.54 Å². The van der Waals surface area contributed by atoms with Crippen LogP contribution in [-0.2, 0) is 4.79 Å². The summed E-state index contributed by atoms with van der Waals surface area (Å²) < 4.78 is 0. The standard InChI is InChI=1S/C19H28N4O/c24-18(22-12-4-1-5-13-22)14-23-15-19(8-10-20-11-9-19)21-16-6-2-3-7-17(16)23/h2-3,6-7,20-21H,1,4-5,8-15H2. The summed E-state index contributed by atoms with van der Waals surface area (Å²) in [5, 5.41) is 7.24. The van der Waals surface area contributed by atoms with E-state index in [0.717, 1.165) is 58.4 Å². The van der Waals surface area contributed by atoms with Crippen molar-refractivity contribution in [3.05, 3.63) is 24.3 Å². The molecule has 1 spiro atoms. The average molecular weight is 328 g/mol. The van der Waals surface area contributed by atoms with Crippen molar-refractivity contribution in [2.75, 3.05) is 49.5 Å². The first-order valence-electron chi connectivity index (χ1n) is 9.36. The van der Waals surface area contributed by atoms with E-state index in [1.54, 1.807) is 0 Å². The lowest BCUT2D eigenvalue weighted by Gasteiger charge is -2.48. The molecule has 0 aromatic heterocycles. The van der Waals surface area contributed by atoms with E-state index in [9.17, 15) is 4.79 Å². The van der Waals surface area contributed by atoms with Crippen molar-refractivity contribution in [1.82, 2.24) is 10.2 Å². The Hall–Kier alpha value is -1.75. The van der Waals surface area contributed by atoms with Gasteiger partial charge in [-0.15, -0.1) is 0 Å². The second kappa shape index (κ2) is 6.63. The topological polar surface area (TPSA) is 47.6 Å². The fourth-order valence-corrected chi connectivity index (χ4v) is 4.37. The maximum atomic E-state index is 12.8. The maximum Gasteiger partial charge on any atom is 0.242 e. The molecule has 1 amide bonds. The van der Waals surface area contributed by atoms with Crippen LogP contribution in [0.5, 0.6) is 0 Å². The minimum absolute atomic E-state index is 0.0990. The number of benzene rings is 1. The molecule has 24 heavy (non-hydrogen) atoms. The Labute approximate surface area is 144 Å². The zero-order valence-electron chi connectivity index (χ0n) is 14.4. The number of likely N-dealkylation sites (tertiary alicyclic amines) is 1. The van der Waals surface area contributed by atoms with Crippen molar-refractivity contribution >= 4 is 17.3 Å². The van der Waals surface area contributed by atoms with Crippen LogP contribution in [0.15, 0.2) is 24.3 Å². The number of fused-ring (bicyclic) bond motifs is 1. The summed E-state index contributed by atoms with van der Waals surface area (Å²) >= 11 is 0. The normalized spacial score (nSPS) is 22.8. The van der Waals surface area contributed by atoms with E-state index in [2.05, 4.69) is 44.7 Å². The van der Waals surface area contributed by atoms with Gasteiger partial charge in [-0.1, -0.05) is 12.1 Å². The van der Waals surface area contributed by atoms with Gasteiger partial charge < -0.3 is 20.4 Å². The Morgan fingerprint density at radius 1 is 1.08 bits per heavy atom. The zero-order valence-corrected chi connectivity index (χ0v) is 14.4. The van der Waals surface area contributed by atoms with Gasteiger partial charge in [0.25, 0.3) is 0 Å². The number of amides is 1. The van der Waals surface area contributed by atoms with E-state index in [1.165, 1.54) is 17.8 Å². The number of nitrogens with one attached hydrogen (secondary N) is 2. The van der Waals surface area contributed by atoms with Gasteiger partial charge in [0.2, 0.25) is 5.91 Å². The lowest BCUT2D eigenvalue weighted by Crippen LogP contribution is -2.58. The molecule has 0 saturated carbocycles. The molecule has 3 aliphatic heterocycles. The Morgan fingerprint density at radius 3 is 2.62 bits per heavy atom. The highest BCUT2D eigenvalue weighted by Crippen LogP contribution is 2.37. The molecular weight excluding hydrogens is 300 g/mol. The number of hydrogen-bond donors (Lipinski definition) is 2. The molecule has 0 bridgehead atoms. The smallest absolute Gasteiger partial charge is 0.242 e. The van der Waals surface area contributed by atoms with Crippen molar-refractivity contribution in [3.63, 3.8) is 0 Å². The summed E-state index contributed by atoms with van der Waals surface area (Å²) in [6, 6.07) is 8.44. The van der Waals surface area contributed by atoms with Crippen molar-refractivity contribution in [2.45, 2.75) is 37.6 Å². The summed E-state index contributed by atoms with van der Waals surface area (Å²) in [6.45, 7) is 5.38. The first-order chi connectivity index (χ1) is 11.8. The first-order valence-corrected chi connectivity index (χ1v) is 9.36. The molecule has 0 unspecified atom stereocenters. The fourth-order valence-electron chi connectivity index (χ4n) is 4.37. The van der Waals surface area contributed by atoms with Crippen LogP contribution in [0.2, 0.25) is 0 Å². The van der Waals surface area contributed by atoms with E-state index < -0.39 is 0 Å². The predicted octanol–water partition coefficient (Wildman–Crippen LogP) is 2.05. The van der Waals surface area contributed by atoms with Gasteiger partial charge in [0.05, 0.1) is 23.5 Å². The van der Waals surface area contributed by atoms with Crippen LogP contribution in [-0.4, -0.2) is 55.6 Å². The third-order valence-electron chi connectivity index (χ3n) is 5.73. The van der Waals surface area contributed by atoms with E-state index in [-0.39, 0.29) is 11.4 Å². The van der Waals surface area contributed by atoms with Crippen LogP contribution < -0.4 is 15.5 Å². The minimum Gasteiger partial charge on any atom is -0.376 e. The lowest BCUT2D eigenvalue weighted by molar-refractivity contribution is -0.130. The quantitative estimate of drug-likeness (QED) is 0.872. The monoisotopic (exact) mass is 328 g/mol. The number of carbonyl (C=O) groups excluding carboxylic acids is 1. The number of hydrogen-bond acceptors (Lipinski definition) is 4. The number of anilines is 2. The second-order valence-corrected chi connectivity index (χ2v) is 7.47. The van der Waals surface area contributed by atoms with Crippen molar-refractivity contribution in [1.29, 1.82) is 0 Å².